The van der Waals surface area contributed by atoms with Gasteiger partial charge in [0.05, 0.1) is 12.9 Å². The second kappa shape index (κ2) is 9.62. The van der Waals surface area contributed by atoms with Crippen molar-refractivity contribution in [1.29, 1.82) is 0 Å². The van der Waals surface area contributed by atoms with E-state index in [1.54, 1.807) is 11.8 Å². The number of methoxy groups -OCH3 is 1. The van der Waals surface area contributed by atoms with E-state index in [0.717, 1.165) is 24.5 Å². The third-order valence-electron chi connectivity index (χ3n) is 4.96. The van der Waals surface area contributed by atoms with Gasteiger partial charge in [-0.1, -0.05) is 23.9 Å². The second-order valence-electron chi connectivity index (χ2n) is 6.98. The van der Waals surface area contributed by atoms with Gasteiger partial charge in [0, 0.05) is 24.5 Å². The Balaban J connectivity index is 1.35. The second-order valence-corrected chi connectivity index (χ2v) is 7.92. The zero-order chi connectivity index (χ0) is 20.8. The van der Waals surface area contributed by atoms with Crippen LogP contribution in [0.2, 0.25) is 0 Å². The van der Waals surface area contributed by atoms with Gasteiger partial charge in [0.25, 0.3) is 0 Å². The number of ether oxygens (including phenoxy) is 1. The first-order valence-corrected chi connectivity index (χ1v) is 10.9. The van der Waals surface area contributed by atoms with Gasteiger partial charge in [-0.05, 0) is 66.1 Å². The summed E-state index contributed by atoms with van der Waals surface area (Å²) in [6, 6.07) is 15.5. The van der Waals surface area contributed by atoms with Crippen molar-refractivity contribution in [3.8, 4) is 11.4 Å². The van der Waals surface area contributed by atoms with Gasteiger partial charge in [-0.25, -0.2) is 0 Å². The lowest BCUT2D eigenvalue weighted by molar-refractivity contribution is -0.113. The summed E-state index contributed by atoms with van der Waals surface area (Å²) < 4.78 is 6.95. The van der Waals surface area contributed by atoms with Crippen molar-refractivity contribution < 1.29 is 9.53 Å². The number of amides is 1. The molecule has 0 atom stereocenters. The van der Waals surface area contributed by atoms with Crippen molar-refractivity contribution in [2.75, 3.05) is 36.2 Å². The van der Waals surface area contributed by atoms with E-state index in [1.807, 2.05) is 36.4 Å². The van der Waals surface area contributed by atoms with Crippen LogP contribution in [0.25, 0.3) is 5.69 Å². The molecule has 1 fully saturated rings. The van der Waals surface area contributed by atoms with Gasteiger partial charge >= 0.3 is 0 Å². The number of nitrogens with zero attached hydrogens (tertiary/aromatic N) is 5. The lowest BCUT2D eigenvalue weighted by Crippen LogP contribution is -2.29. The lowest BCUT2D eigenvalue weighted by atomic mass is 10.1. The zero-order valence-corrected chi connectivity index (χ0v) is 17.6. The number of carbonyl (C=O) groups excluding carboxylic acids is 1. The Kier molecular flexibility index (Phi) is 6.48. The van der Waals surface area contributed by atoms with Crippen LogP contribution in [0.4, 0.5) is 11.4 Å². The van der Waals surface area contributed by atoms with Crippen molar-refractivity contribution in [2.45, 2.75) is 24.4 Å². The van der Waals surface area contributed by atoms with E-state index in [9.17, 15) is 4.79 Å². The Bertz CT molecular complexity index is 985. The zero-order valence-electron chi connectivity index (χ0n) is 16.8. The number of hydrogen-bond donors (Lipinski definition) is 1. The Morgan fingerprint density at radius 1 is 1.10 bits per heavy atom. The van der Waals surface area contributed by atoms with Crippen LogP contribution in [0, 0.1) is 0 Å². The van der Waals surface area contributed by atoms with Crippen LogP contribution in [0.1, 0.15) is 19.3 Å². The molecule has 1 amide bonds. The number of thioether (sulfide) groups is 1. The number of anilines is 2. The molecule has 0 bridgehead atoms. The first-order valence-electron chi connectivity index (χ1n) is 9.94. The van der Waals surface area contributed by atoms with Gasteiger partial charge < -0.3 is 15.0 Å². The molecular formula is C21H24N6O2S. The van der Waals surface area contributed by atoms with Crippen molar-refractivity contribution >= 4 is 29.0 Å². The summed E-state index contributed by atoms with van der Waals surface area (Å²) in [6.45, 7) is 2.20. The molecule has 0 unspecified atom stereocenters. The molecular weight excluding hydrogens is 400 g/mol. The lowest BCUT2D eigenvalue weighted by Gasteiger charge is -2.28. The summed E-state index contributed by atoms with van der Waals surface area (Å²) >= 11 is 1.27. The molecule has 8 nitrogen and oxygen atoms in total. The number of carbonyl (C=O) groups is 1. The van der Waals surface area contributed by atoms with Crippen LogP contribution in [-0.4, -0.2) is 52.1 Å². The van der Waals surface area contributed by atoms with Crippen molar-refractivity contribution in [1.82, 2.24) is 20.2 Å². The van der Waals surface area contributed by atoms with Crippen LogP contribution in [-0.2, 0) is 4.79 Å². The third-order valence-corrected chi connectivity index (χ3v) is 5.88. The molecule has 3 aromatic rings. The van der Waals surface area contributed by atoms with Gasteiger partial charge in [-0.15, -0.1) is 5.10 Å². The van der Waals surface area contributed by atoms with Crippen LogP contribution >= 0.6 is 11.8 Å². The molecule has 2 aromatic carbocycles. The average Bonchev–Trinajstić information content (AvgIpc) is 3.27. The fourth-order valence-corrected chi connectivity index (χ4v) is 4.14. The summed E-state index contributed by atoms with van der Waals surface area (Å²) in [5.41, 5.74) is 2.71. The normalized spacial score (nSPS) is 13.8. The molecule has 1 N–H and O–H groups in total. The standard InChI is InChI=1S/C21H24N6O2S/c1-29-19-8-4-3-7-18(19)27-21(23-24-25-27)30-15-20(28)22-16-9-11-17(12-10-16)26-13-5-2-6-14-26/h3-4,7-12H,2,5-6,13-15H2,1H3,(H,22,28). The Labute approximate surface area is 179 Å². The van der Waals surface area contributed by atoms with Crippen molar-refractivity contribution in [3.05, 3.63) is 48.5 Å². The van der Waals surface area contributed by atoms with E-state index in [4.69, 9.17) is 4.74 Å². The molecule has 1 aliphatic rings. The molecule has 0 aliphatic carbocycles. The van der Waals surface area contributed by atoms with E-state index in [-0.39, 0.29) is 11.7 Å². The maximum atomic E-state index is 12.4. The third kappa shape index (κ3) is 4.73. The number of benzene rings is 2. The van der Waals surface area contributed by atoms with E-state index >= 15 is 0 Å². The summed E-state index contributed by atoms with van der Waals surface area (Å²) in [4.78, 5) is 14.8. The van der Waals surface area contributed by atoms with Gasteiger partial charge in [0.2, 0.25) is 11.1 Å². The minimum absolute atomic E-state index is 0.111. The molecule has 1 saturated heterocycles. The highest BCUT2D eigenvalue weighted by molar-refractivity contribution is 7.99. The van der Waals surface area contributed by atoms with E-state index in [1.165, 1.54) is 36.7 Å². The summed E-state index contributed by atoms with van der Waals surface area (Å²) in [6.07, 6.45) is 3.79. The van der Waals surface area contributed by atoms with E-state index in [0.29, 0.717) is 10.9 Å². The molecule has 0 radical (unpaired) electrons. The number of hydrogen-bond acceptors (Lipinski definition) is 7. The van der Waals surface area contributed by atoms with Crippen LogP contribution in [0.5, 0.6) is 5.75 Å². The highest BCUT2D eigenvalue weighted by atomic mass is 32.2. The molecule has 1 aliphatic heterocycles. The first-order chi connectivity index (χ1) is 14.7. The van der Waals surface area contributed by atoms with Gasteiger partial charge in [-0.3, -0.25) is 4.79 Å². The number of piperidine rings is 1. The van der Waals surface area contributed by atoms with Crippen LogP contribution in [0.3, 0.4) is 0 Å². The number of para-hydroxylation sites is 2. The summed E-state index contributed by atoms with van der Waals surface area (Å²) in [7, 11) is 1.60. The minimum Gasteiger partial charge on any atom is -0.494 e. The first kappa shape index (κ1) is 20.2. The molecule has 1 aromatic heterocycles. The summed E-state index contributed by atoms with van der Waals surface area (Å²) in [5.74, 6) is 0.744. The average molecular weight is 425 g/mol. The molecule has 156 valence electrons. The molecule has 30 heavy (non-hydrogen) atoms. The number of aromatic nitrogens is 4. The SMILES string of the molecule is COc1ccccc1-n1nnnc1SCC(=O)Nc1ccc(N2CCCCC2)cc1. The number of tetrazole rings is 1. The number of rotatable bonds is 7. The van der Waals surface area contributed by atoms with E-state index in [2.05, 4.69) is 37.9 Å². The Morgan fingerprint density at radius 2 is 1.87 bits per heavy atom. The Hall–Kier alpha value is -3.07. The van der Waals surface area contributed by atoms with Crippen molar-refractivity contribution in [3.63, 3.8) is 0 Å². The minimum atomic E-state index is -0.111. The highest BCUT2D eigenvalue weighted by Crippen LogP contribution is 2.26. The smallest absolute Gasteiger partial charge is 0.234 e. The van der Waals surface area contributed by atoms with Crippen LogP contribution in [0.15, 0.2) is 53.7 Å². The Morgan fingerprint density at radius 3 is 2.63 bits per heavy atom. The van der Waals surface area contributed by atoms with Gasteiger partial charge in [0.15, 0.2) is 0 Å². The monoisotopic (exact) mass is 424 g/mol. The largest absolute Gasteiger partial charge is 0.494 e. The molecule has 9 heteroatoms. The summed E-state index contributed by atoms with van der Waals surface area (Å²) in [5, 5.41) is 15.3. The molecule has 0 saturated carbocycles. The topological polar surface area (TPSA) is 85.2 Å². The van der Waals surface area contributed by atoms with Gasteiger partial charge in [-0.2, -0.15) is 4.68 Å². The molecule has 0 spiro atoms. The highest BCUT2D eigenvalue weighted by Gasteiger charge is 2.15. The molecule has 2 heterocycles. The molecule has 4 rings (SSSR count). The van der Waals surface area contributed by atoms with Crippen LogP contribution < -0.4 is 15.0 Å². The van der Waals surface area contributed by atoms with Gasteiger partial charge in [0.1, 0.15) is 11.4 Å². The maximum Gasteiger partial charge on any atom is 0.234 e. The quantitative estimate of drug-likeness (QED) is 0.582. The number of nitrogens with one attached hydrogen (secondary N) is 1. The predicted octanol–water partition coefficient (Wildman–Crippen LogP) is 3.39. The fourth-order valence-electron chi connectivity index (χ4n) is 3.46. The van der Waals surface area contributed by atoms with E-state index < -0.39 is 0 Å². The maximum absolute atomic E-state index is 12.4. The predicted molar refractivity (Wildman–Crippen MR) is 118 cm³/mol. The van der Waals surface area contributed by atoms with Crippen molar-refractivity contribution in [2.24, 2.45) is 0 Å². The fraction of sp³-hybridized carbons (Fsp3) is 0.333.